The van der Waals surface area contributed by atoms with Gasteiger partial charge in [0.15, 0.2) is 5.76 Å². The number of methoxy groups -OCH3 is 2. The van der Waals surface area contributed by atoms with Gasteiger partial charge in [0.1, 0.15) is 5.75 Å². The van der Waals surface area contributed by atoms with E-state index < -0.39 is 16.3 Å². The zero-order chi connectivity index (χ0) is 28.5. The molecule has 0 saturated carbocycles. The summed E-state index contributed by atoms with van der Waals surface area (Å²) >= 11 is 1.63. The lowest BCUT2D eigenvalue weighted by Crippen LogP contribution is -2.38. The summed E-state index contributed by atoms with van der Waals surface area (Å²) in [6.07, 6.45) is 1.47. The topological polar surface area (TPSA) is 124 Å². The number of nitrogens with zero attached hydrogens (tertiary/aromatic N) is 1. The lowest BCUT2D eigenvalue weighted by molar-refractivity contribution is -0.146. The molecule has 2 atom stereocenters. The Morgan fingerprint density at radius 3 is 2.62 bits per heavy atom. The summed E-state index contributed by atoms with van der Waals surface area (Å²) < 4.78 is 50.8. The molecule has 1 aromatic heterocycles. The number of hydrogen-bond acceptors (Lipinski definition) is 9. The van der Waals surface area contributed by atoms with Crippen LogP contribution in [0.15, 0.2) is 70.6 Å². The van der Waals surface area contributed by atoms with Crippen LogP contribution in [0.1, 0.15) is 17.9 Å². The maximum Gasteiger partial charge on any atom is 0.286 e. The van der Waals surface area contributed by atoms with E-state index in [1.807, 2.05) is 18.2 Å². The molecule has 0 bridgehead atoms. The molecule has 1 amide bonds. The first-order valence-corrected chi connectivity index (χ1v) is 15.2. The predicted molar refractivity (Wildman–Crippen MR) is 152 cm³/mol. The van der Waals surface area contributed by atoms with Gasteiger partial charge in [-0.05, 0) is 52.7 Å². The number of sulfonamides is 1. The second kappa shape index (κ2) is 14.1. The first-order valence-electron chi connectivity index (χ1n) is 12.9. The summed E-state index contributed by atoms with van der Waals surface area (Å²) in [6.45, 7) is 0.223. The molecule has 216 valence electrons. The van der Waals surface area contributed by atoms with E-state index in [0.29, 0.717) is 25.3 Å². The van der Waals surface area contributed by atoms with Crippen LogP contribution < -0.4 is 10.1 Å². The summed E-state index contributed by atoms with van der Waals surface area (Å²) in [6, 6.07) is 14.1. The summed E-state index contributed by atoms with van der Waals surface area (Å²) in [5.74, 6) is 0.160. The van der Waals surface area contributed by atoms with Crippen LogP contribution in [0.4, 0.5) is 0 Å². The molecular formula is C28H34N2O8S2. The minimum Gasteiger partial charge on any atom is -0.497 e. The minimum atomic E-state index is -3.89. The Morgan fingerprint density at radius 1 is 1.12 bits per heavy atom. The molecule has 1 aliphatic heterocycles. The van der Waals surface area contributed by atoms with Gasteiger partial charge in [-0.25, -0.2) is 8.42 Å². The zero-order valence-corrected chi connectivity index (χ0v) is 24.1. The highest BCUT2D eigenvalue weighted by Gasteiger charge is 2.31. The molecule has 1 aliphatic rings. The van der Waals surface area contributed by atoms with Crippen LogP contribution >= 0.6 is 11.3 Å². The Labute approximate surface area is 238 Å². The van der Waals surface area contributed by atoms with Crippen LogP contribution in [0.25, 0.3) is 10.1 Å². The van der Waals surface area contributed by atoms with Gasteiger partial charge in [-0.3, -0.25) is 4.79 Å². The van der Waals surface area contributed by atoms with Gasteiger partial charge in [-0.1, -0.05) is 18.2 Å². The van der Waals surface area contributed by atoms with Crippen molar-refractivity contribution in [3.8, 4) is 5.75 Å². The van der Waals surface area contributed by atoms with Crippen LogP contribution in [-0.4, -0.2) is 83.7 Å². The summed E-state index contributed by atoms with van der Waals surface area (Å²) in [4.78, 5) is 12.9. The predicted octanol–water partition coefficient (Wildman–Crippen LogP) is 3.09. The van der Waals surface area contributed by atoms with Gasteiger partial charge in [0.2, 0.25) is 16.3 Å². The molecule has 0 spiro atoms. The fourth-order valence-electron chi connectivity index (χ4n) is 4.42. The molecule has 10 nitrogen and oxygen atoms in total. The number of amides is 1. The largest absolute Gasteiger partial charge is 0.497 e. The van der Waals surface area contributed by atoms with Crippen molar-refractivity contribution >= 4 is 37.4 Å². The van der Waals surface area contributed by atoms with Crippen molar-refractivity contribution in [2.75, 3.05) is 53.7 Å². The highest BCUT2D eigenvalue weighted by Crippen LogP contribution is 2.38. The quantitative estimate of drug-likeness (QED) is 0.275. The standard InChI is InChI=1S/C28H34N2O8S2/c1-35-15-11-29-28(32)25-17-20(24-19-39-26-6-4-3-5-23(24)26)18-27(38-25)37-16-13-30(12-14-31)40(33,34)22-9-7-21(36-2)8-10-22/h3-10,17,19-20,27,31H,11-16,18H2,1-2H3,(H,29,32)/t20-,27+/m0/s1. The van der Waals surface area contributed by atoms with E-state index in [2.05, 4.69) is 22.8 Å². The van der Waals surface area contributed by atoms with Gasteiger partial charge in [0.25, 0.3) is 5.91 Å². The maximum absolute atomic E-state index is 13.2. The molecule has 3 aromatic rings. The van der Waals surface area contributed by atoms with Gasteiger partial charge in [0.05, 0.1) is 31.8 Å². The first-order chi connectivity index (χ1) is 19.4. The van der Waals surface area contributed by atoms with E-state index >= 15 is 0 Å². The number of hydrogen-bond donors (Lipinski definition) is 2. The number of fused-ring (bicyclic) bond motifs is 1. The molecule has 0 saturated heterocycles. The molecule has 2 aromatic carbocycles. The fraction of sp³-hybridized carbons (Fsp3) is 0.393. The Hall–Kier alpha value is -3.00. The van der Waals surface area contributed by atoms with Crippen molar-refractivity contribution < 1.29 is 37.3 Å². The molecule has 0 aliphatic carbocycles. The average Bonchev–Trinajstić information content (AvgIpc) is 3.41. The lowest BCUT2D eigenvalue weighted by Gasteiger charge is -2.30. The monoisotopic (exact) mass is 590 g/mol. The van der Waals surface area contributed by atoms with E-state index in [1.165, 1.54) is 19.2 Å². The van der Waals surface area contributed by atoms with Crippen molar-refractivity contribution in [3.05, 3.63) is 71.3 Å². The van der Waals surface area contributed by atoms with Crippen molar-refractivity contribution in [1.29, 1.82) is 0 Å². The number of allylic oxidation sites excluding steroid dienone is 1. The van der Waals surface area contributed by atoms with Gasteiger partial charge in [-0.15, -0.1) is 11.3 Å². The third-order valence-electron chi connectivity index (χ3n) is 6.47. The number of nitrogens with one attached hydrogen (secondary N) is 1. The third-order valence-corrected chi connectivity index (χ3v) is 9.37. The molecule has 12 heteroatoms. The fourth-order valence-corrected chi connectivity index (χ4v) is 6.86. The van der Waals surface area contributed by atoms with Crippen molar-refractivity contribution in [1.82, 2.24) is 9.62 Å². The van der Waals surface area contributed by atoms with Crippen LogP contribution in [0.5, 0.6) is 5.75 Å². The van der Waals surface area contributed by atoms with Gasteiger partial charge in [0, 0.05) is 43.8 Å². The molecule has 2 N–H and O–H groups in total. The van der Waals surface area contributed by atoms with Crippen LogP contribution in [0.3, 0.4) is 0 Å². The molecule has 0 fully saturated rings. The number of thiophene rings is 1. The van der Waals surface area contributed by atoms with Gasteiger partial charge >= 0.3 is 0 Å². The summed E-state index contributed by atoms with van der Waals surface area (Å²) in [7, 11) is -0.832. The summed E-state index contributed by atoms with van der Waals surface area (Å²) in [5.41, 5.74) is 1.07. The number of carbonyl (C=O) groups is 1. The average molecular weight is 591 g/mol. The van der Waals surface area contributed by atoms with Crippen molar-refractivity contribution in [2.45, 2.75) is 23.5 Å². The third kappa shape index (κ3) is 7.19. The van der Waals surface area contributed by atoms with Gasteiger partial charge < -0.3 is 29.4 Å². The second-order valence-corrected chi connectivity index (χ2v) is 11.9. The van der Waals surface area contributed by atoms with Crippen LogP contribution in [0, 0.1) is 0 Å². The Kier molecular flexibility index (Phi) is 10.5. The SMILES string of the molecule is COCCNC(=O)C1=C[C@H](c2csc3ccccc23)C[C@H](OCCN(CCO)S(=O)(=O)c2ccc(OC)cc2)O1. The van der Waals surface area contributed by atoms with E-state index in [-0.39, 0.29) is 48.8 Å². The highest BCUT2D eigenvalue weighted by atomic mass is 32.2. The Bertz CT molecular complexity index is 1410. The Morgan fingerprint density at radius 2 is 1.90 bits per heavy atom. The maximum atomic E-state index is 13.2. The lowest BCUT2D eigenvalue weighted by atomic mass is 9.92. The molecule has 40 heavy (non-hydrogen) atoms. The highest BCUT2D eigenvalue weighted by molar-refractivity contribution is 7.89. The van der Waals surface area contributed by atoms with Crippen LogP contribution in [-0.2, 0) is 29.0 Å². The van der Waals surface area contributed by atoms with E-state index in [1.54, 1.807) is 30.6 Å². The first kappa shape index (κ1) is 30.0. The zero-order valence-electron chi connectivity index (χ0n) is 22.4. The van der Waals surface area contributed by atoms with Crippen LogP contribution in [0.2, 0.25) is 0 Å². The smallest absolute Gasteiger partial charge is 0.286 e. The van der Waals surface area contributed by atoms with E-state index in [9.17, 15) is 18.3 Å². The Balaban J connectivity index is 1.48. The minimum absolute atomic E-state index is 0.00424. The molecule has 4 rings (SSSR count). The number of aliphatic hydroxyl groups is 1. The molecule has 0 radical (unpaired) electrons. The number of benzene rings is 2. The number of rotatable bonds is 14. The van der Waals surface area contributed by atoms with Crippen molar-refractivity contribution in [2.24, 2.45) is 0 Å². The van der Waals surface area contributed by atoms with Gasteiger partial charge in [-0.2, -0.15) is 4.31 Å². The van der Waals surface area contributed by atoms with Crippen molar-refractivity contribution in [3.63, 3.8) is 0 Å². The molecular weight excluding hydrogens is 556 g/mol. The van der Waals surface area contributed by atoms with E-state index in [0.717, 1.165) is 20.0 Å². The number of ether oxygens (including phenoxy) is 4. The molecule has 2 heterocycles. The number of carbonyl (C=O) groups excluding carboxylic acids is 1. The summed E-state index contributed by atoms with van der Waals surface area (Å²) in [5, 5.41) is 15.5. The van der Waals surface area contributed by atoms with E-state index in [4.69, 9.17) is 18.9 Å². The normalized spacial score (nSPS) is 17.4. The molecule has 0 unspecified atom stereocenters. The second-order valence-electron chi connectivity index (χ2n) is 9.03. The number of aliphatic hydroxyl groups excluding tert-OH is 1.